The van der Waals surface area contributed by atoms with Gasteiger partial charge in [-0.2, -0.15) is 5.10 Å². The Balaban J connectivity index is 2.07. The van der Waals surface area contributed by atoms with Crippen molar-refractivity contribution in [2.75, 3.05) is 5.75 Å². The summed E-state index contributed by atoms with van der Waals surface area (Å²) in [5, 5.41) is 15.9. The number of carbonyl (C=O) groups is 1. The topological polar surface area (TPSA) is 85.8 Å². The first-order chi connectivity index (χ1) is 10.1. The van der Waals surface area contributed by atoms with Gasteiger partial charge in [-0.1, -0.05) is 11.8 Å². The number of carboxylic acid groups (broad SMARTS) is 1. The van der Waals surface area contributed by atoms with Crippen LogP contribution in [0.4, 0.5) is 0 Å². The molecule has 110 valence electrons. The summed E-state index contributed by atoms with van der Waals surface area (Å²) in [6.07, 6.45) is 0. The van der Waals surface area contributed by atoms with Gasteiger partial charge in [-0.05, 0) is 6.92 Å². The van der Waals surface area contributed by atoms with Crippen molar-refractivity contribution in [2.24, 2.45) is 7.05 Å². The van der Waals surface area contributed by atoms with Gasteiger partial charge in [-0.25, -0.2) is 9.97 Å². The summed E-state index contributed by atoms with van der Waals surface area (Å²) in [4.78, 5) is 19.6. The third-order valence-electron chi connectivity index (χ3n) is 2.98. The zero-order valence-corrected chi connectivity index (χ0v) is 13.1. The second-order valence-electron chi connectivity index (χ2n) is 4.52. The Morgan fingerprint density at radius 3 is 3.00 bits per heavy atom. The van der Waals surface area contributed by atoms with Crippen molar-refractivity contribution in [1.82, 2.24) is 24.3 Å². The summed E-state index contributed by atoms with van der Waals surface area (Å²) in [6, 6.07) is 0. The molecule has 0 aliphatic rings. The lowest BCUT2D eigenvalue weighted by molar-refractivity contribution is -0.133. The maximum absolute atomic E-state index is 10.8. The van der Waals surface area contributed by atoms with E-state index in [4.69, 9.17) is 5.11 Å². The Bertz CT molecular complexity index is 790. The molecule has 3 aromatic heterocycles. The molecule has 0 atom stereocenters. The highest BCUT2D eigenvalue weighted by Gasteiger charge is 2.19. The first-order valence-electron chi connectivity index (χ1n) is 6.17. The van der Waals surface area contributed by atoms with E-state index in [1.54, 1.807) is 10.2 Å². The molecule has 0 bridgehead atoms. The molecule has 3 aromatic rings. The molecule has 0 saturated heterocycles. The number of aryl methyl sites for hydroxylation is 2. The highest BCUT2D eigenvalue weighted by Crippen LogP contribution is 2.26. The molecule has 0 spiro atoms. The summed E-state index contributed by atoms with van der Waals surface area (Å²) in [5.74, 6) is -0.880. The molecule has 7 nitrogen and oxygen atoms in total. The molecular weight excluding hydrogens is 310 g/mol. The third-order valence-corrected chi connectivity index (χ3v) is 4.58. The third kappa shape index (κ3) is 2.66. The fourth-order valence-electron chi connectivity index (χ4n) is 2.17. The van der Waals surface area contributed by atoms with Crippen LogP contribution >= 0.6 is 23.1 Å². The summed E-state index contributed by atoms with van der Waals surface area (Å²) in [6.45, 7) is 2.45. The van der Waals surface area contributed by atoms with E-state index >= 15 is 0 Å². The maximum Gasteiger partial charge on any atom is 0.313 e. The molecule has 0 aliphatic carbocycles. The lowest BCUT2D eigenvalue weighted by Gasteiger charge is -2.07. The van der Waals surface area contributed by atoms with Crippen molar-refractivity contribution < 1.29 is 9.90 Å². The Kier molecular flexibility index (Phi) is 3.68. The number of thioether (sulfide) groups is 1. The van der Waals surface area contributed by atoms with Crippen molar-refractivity contribution >= 4 is 40.2 Å². The Hall–Kier alpha value is -1.87. The van der Waals surface area contributed by atoms with Crippen LogP contribution < -0.4 is 0 Å². The number of aromatic nitrogens is 5. The molecule has 3 heterocycles. The standard InChI is InChI=1S/C12H13N5O2S2/c1-7-10-11(16(2)15-7)17(3-8-4-20-6-13-8)12(14-10)21-5-9(18)19/h4,6H,3,5H2,1-2H3,(H,18,19). The van der Waals surface area contributed by atoms with Crippen LogP contribution in [0, 0.1) is 6.92 Å². The first kappa shape index (κ1) is 14.1. The van der Waals surface area contributed by atoms with E-state index in [-0.39, 0.29) is 5.75 Å². The monoisotopic (exact) mass is 323 g/mol. The van der Waals surface area contributed by atoms with E-state index in [1.807, 2.05) is 23.9 Å². The molecule has 0 amide bonds. The first-order valence-corrected chi connectivity index (χ1v) is 8.10. The summed E-state index contributed by atoms with van der Waals surface area (Å²) < 4.78 is 3.74. The number of nitrogens with zero attached hydrogens (tertiary/aromatic N) is 5. The van der Waals surface area contributed by atoms with E-state index in [1.165, 1.54) is 23.1 Å². The zero-order valence-electron chi connectivity index (χ0n) is 11.5. The van der Waals surface area contributed by atoms with Crippen LogP contribution in [0.1, 0.15) is 11.4 Å². The molecule has 0 aliphatic heterocycles. The number of carboxylic acids is 1. The SMILES string of the molecule is Cc1nn(C)c2c1nc(SCC(=O)O)n2Cc1cscn1. The lowest BCUT2D eigenvalue weighted by Crippen LogP contribution is -2.07. The normalized spacial score (nSPS) is 11.3. The second-order valence-corrected chi connectivity index (χ2v) is 6.19. The molecule has 3 rings (SSSR count). The molecule has 0 unspecified atom stereocenters. The zero-order chi connectivity index (χ0) is 15.0. The van der Waals surface area contributed by atoms with E-state index in [0.717, 1.165) is 22.6 Å². The van der Waals surface area contributed by atoms with E-state index < -0.39 is 5.97 Å². The van der Waals surface area contributed by atoms with Crippen LogP contribution in [0.3, 0.4) is 0 Å². The Morgan fingerprint density at radius 1 is 1.52 bits per heavy atom. The molecule has 1 N–H and O–H groups in total. The largest absolute Gasteiger partial charge is 0.481 e. The van der Waals surface area contributed by atoms with Crippen molar-refractivity contribution in [3.63, 3.8) is 0 Å². The minimum Gasteiger partial charge on any atom is -0.481 e. The summed E-state index contributed by atoms with van der Waals surface area (Å²) >= 11 is 2.74. The number of rotatable bonds is 5. The average molecular weight is 323 g/mol. The van der Waals surface area contributed by atoms with Crippen LogP contribution in [0.15, 0.2) is 16.0 Å². The minimum atomic E-state index is -0.859. The van der Waals surface area contributed by atoms with Crippen molar-refractivity contribution in [3.05, 3.63) is 22.3 Å². The van der Waals surface area contributed by atoms with E-state index in [0.29, 0.717) is 11.7 Å². The summed E-state index contributed by atoms with van der Waals surface area (Å²) in [7, 11) is 1.86. The summed E-state index contributed by atoms with van der Waals surface area (Å²) in [5.41, 5.74) is 5.23. The highest BCUT2D eigenvalue weighted by atomic mass is 32.2. The number of thiazole rings is 1. The molecular formula is C12H13N5O2S2. The molecule has 0 aromatic carbocycles. The number of hydrogen-bond donors (Lipinski definition) is 1. The Labute approximate surface area is 128 Å². The van der Waals surface area contributed by atoms with Gasteiger partial charge < -0.3 is 5.11 Å². The Morgan fingerprint density at radius 2 is 2.33 bits per heavy atom. The molecule has 21 heavy (non-hydrogen) atoms. The second kappa shape index (κ2) is 5.49. The van der Waals surface area contributed by atoms with Crippen LogP contribution in [-0.4, -0.2) is 41.1 Å². The maximum atomic E-state index is 10.8. The molecule has 0 fully saturated rings. The minimum absolute atomic E-state index is 0.0210. The van der Waals surface area contributed by atoms with Crippen molar-refractivity contribution in [3.8, 4) is 0 Å². The van der Waals surface area contributed by atoms with Gasteiger partial charge in [0.2, 0.25) is 0 Å². The van der Waals surface area contributed by atoms with Crippen molar-refractivity contribution in [1.29, 1.82) is 0 Å². The van der Waals surface area contributed by atoms with Gasteiger partial charge >= 0.3 is 5.97 Å². The number of fused-ring (bicyclic) bond motifs is 1. The average Bonchev–Trinajstić information content (AvgIpc) is 3.09. The highest BCUT2D eigenvalue weighted by molar-refractivity contribution is 7.99. The van der Waals surface area contributed by atoms with Gasteiger partial charge in [0, 0.05) is 12.4 Å². The van der Waals surface area contributed by atoms with E-state index in [9.17, 15) is 4.79 Å². The fraction of sp³-hybridized carbons (Fsp3) is 0.333. The van der Waals surface area contributed by atoms with E-state index in [2.05, 4.69) is 15.1 Å². The van der Waals surface area contributed by atoms with Gasteiger partial charge in [-0.15, -0.1) is 11.3 Å². The quantitative estimate of drug-likeness (QED) is 0.720. The van der Waals surface area contributed by atoms with Gasteiger partial charge in [0.15, 0.2) is 10.8 Å². The fourth-order valence-corrected chi connectivity index (χ4v) is 3.44. The predicted octanol–water partition coefficient (Wildman–Crippen LogP) is 1.76. The van der Waals surface area contributed by atoms with Crippen LogP contribution in [0.5, 0.6) is 0 Å². The predicted molar refractivity (Wildman–Crippen MR) is 80.8 cm³/mol. The number of hydrogen-bond acceptors (Lipinski definition) is 6. The number of aliphatic carboxylic acids is 1. The van der Waals surface area contributed by atoms with Gasteiger partial charge in [0.25, 0.3) is 0 Å². The van der Waals surface area contributed by atoms with Gasteiger partial charge in [0.05, 0.1) is 29.2 Å². The van der Waals surface area contributed by atoms with Crippen molar-refractivity contribution in [2.45, 2.75) is 18.6 Å². The smallest absolute Gasteiger partial charge is 0.313 e. The van der Waals surface area contributed by atoms with Crippen LogP contribution in [0.25, 0.3) is 11.2 Å². The van der Waals surface area contributed by atoms with Gasteiger partial charge in [-0.3, -0.25) is 14.0 Å². The van der Waals surface area contributed by atoms with Crippen LogP contribution in [0.2, 0.25) is 0 Å². The lowest BCUT2D eigenvalue weighted by atomic mass is 10.4. The molecule has 0 saturated carbocycles. The van der Waals surface area contributed by atoms with Gasteiger partial charge in [0.1, 0.15) is 5.52 Å². The molecule has 9 heteroatoms. The van der Waals surface area contributed by atoms with Crippen LogP contribution in [-0.2, 0) is 18.4 Å². The molecule has 0 radical (unpaired) electrons. The number of imidazole rings is 1.